The van der Waals surface area contributed by atoms with Crippen LogP contribution in [0.2, 0.25) is 0 Å². The molecule has 0 spiro atoms. The van der Waals surface area contributed by atoms with Crippen molar-refractivity contribution in [3.8, 4) is 0 Å². The van der Waals surface area contributed by atoms with Crippen molar-refractivity contribution in [3.63, 3.8) is 0 Å². The fraction of sp³-hybridized carbons (Fsp3) is 0.567. The Morgan fingerprint density at radius 3 is 0.927 bits per heavy atom. The van der Waals surface area contributed by atoms with Gasteiger partial charge in [0.1, 0.15) is 33.4 Å². The summed E-state index contributed by atoms with van der Waals surface area (Å²) in [5.74, 6) is -7.46. The molecule has 4 aromatic rings. The molecule has 2 aromatic heterocycles. The number of ether oxygens (including phenoxy) is 4. The number of nitrogens with zero attached hydrogens (tertiary/aromatic N) is 8. The highest BCUT2D eigenvalue weighted by molar-refractivity contribution is 9.10. The molecule has 1 aliphatic heterocycles. The number of carbonyl (C=O) groups excluding carboxylic acids is 8. The topological polar surface area (TPSA) is 222 Å². The van der Waals surface area contributed by atoms with Crippen LogP contribution in [0.1, 0.15) is 117 Å². The van der Waals surface area contributed by atoms with Gasteiger partial charge in [0.2, 0.25) is 0 Å². The third-order valence-electron chi connectivity index (χ3n) is 14.3. The second-order valence-corrected chi connectivity index (χ2v) is 24.8. The van der Waals surface area contributed by atoms with Gasteiger partial charge < -0.3 is 47.7 Å². The van der Waals surface area contributed by atoms with E-state index in [-0.39, 0.29) is 62.2 Å². The van der Waals surface area contributed by atoms with Gasteiger partial charge in [0.15, 0.2) is 24.4 Å². The zero-order chi connectivity index (χ0) is 60.9. The molecule has 0 unspecified atom stereocenters. The van der Waals surface area contributed by atoms with Crippen LogP contribution in [0.4, 0.5) is 0 Å². The Bertz CT molecular complexity index is 2630. The highest BCUT2D eigenvalue weighted by Gasteiger charge is 2.43. The number of benzene rings is 2. The number of carbonyl (C=O) groups is 8. The van der Waals surface area contributed by atoms with E-state index >= 15 is 9.59 Å². The number of rotatable bonds is 16. The first-order valence-electron chi connectivity index (χ1n) is 27.9. The van der Waals surface area contributed by atoms with Crippen molar-refractivity contribution in [3.05, 3.63) is 105 Å². The Kier molecular flexibility index (Phi) is 24.5. The molecule has 1 aliphatic rings. The van der Waals surface area contributed by atoms with Gasteiger partial charge in [0.05, 0.1) is 12.7 Å². The standard InChI is InChI=1S/C60H82Br2N8O12/c1-35(2)23-45-57(75)79-39(9)53(71)65(11)48(26-38(7)8)60(78)82-50(28-42-17-21-44(22-18-42)30-70-32-52(62)64-34-70)56(74)68(14)46(24-36(3)4)58(76)80-40(10)54(72)66(12)47(25-37(5)6)59(77)81-49(55(73)67(45)13)27-41-15-19-43(20-16-41)29-69-31-51(61)63-33-69/h15-22,31-40,45-50H,23-30H2,1-14H3/t39-,40-,45+,46+,47+,48+,49-,50-/m1/s1. The molecule has 8 atom stereocenters. The number of hydrogen-bond acceptors (Lipinski definition) is 14. The lowest BCUT2D eigenvalue weighted by Gasteiger charge is -2.35. The van der Waals surface area contributed by atoms with Gasteiger partial charge in [0.25, 0.3) is 23.6 Å². The molecule has 1 saturated heterocycles. The minimum absolute atomic E-state index is 0.0802. The van der Waals surface area contributed by atoms with Crippen LogP contribution in [-0.2, 0) is 83.2 Å². The lowest BCUT2D eigenvalue weighted by Crippen LogP contribution is -2.55. The van der Waals surface area contributed by atoms with Gasteiger partial charge in [-0.3, -0.25) is 19.2 Å². The SMILES string of the molecule is CC(C)C[C@H]1C(=O)O[C@H](Cc2ccc(Cn3cnc(Br)c3)cc2)C(=O)N(C)[C@@H](CC(C)C)C(=O)O[C@H](C)C(=O)N(C)[C@@H](CC(C)C)C(=O)O[C@H](Cc2ccc(Cn3cnc(Br)c3)cc2)C(=O)N(C)[C@@H](CC(C)C)C(=O)O[C@H](C)C(=O)N1C. The fourth-order valence-corrected chi connectivity index (χ4v) is 10.4. The van der Waals surface area contributed by atoms with Crippen LogP contribution in [0.5, 0.6) is 0 Å². The van der Waals surface area contributed by atoms with Crippen LogP contribution >= 0.6 is 31.9 Å². The minimum Gasteiger partial charge on any atom is -0.451 e. The molecule has 20 nitrogen and oxygen atoms in total. The first-order chi connectivity index (χ1) is 38.5. The zero-order valence-electron chi connectivity index (χ0n) is 49.7. The maximum atomic E-state index is 15.0. The van der Waals surface area contributed by atoms with Crippen molar-refractivity contribution < 1.29 is 57.3 Å². The van der Waals surface area contributed by atoms with Gasteiger partial charge in [-0.25, -0.2) is 29.1 Å². The predicted molar refractivity (Wildman–Crippen MR) is 313 cm³/mol. The summed E-state index contributed by atoms with van der Waals surface area (Å²) in [6, 6.07) is 9.56. The molecule has 1 fully saturated rings. The number of imidazole rings is 2. The van der Waals surface area contributed by atoms with Crippen LogP contribution in [0.3, 0.4) is 0 Å². The molecule has 0 N–H and O–H groups in total. The van der Waals surface area contributed by atoms with E-state index in [0.717, 1.165) is 30.7 Å². The summed E-state index contributed by atoms with van der Waals surface area (Å²) in [6.07, 6.45) is 1.03. The monoisotopic (exact) mass is 1260 g/mol. The summed E-state index contributed by atoms with van der Waals surface area (Å²) in [5.41, 5.74) is 3.07. The van der Waals surface area contributed by atoms with Crippen LogP contribution in [0.25, 0.3) is 0 Å². The fourth-order valence-electron chi connectivity index (χ4n) is 9.73. The summed E-state index contributed by atoms with van der Waals surface area (Å²) in [5, 5.41) is 0. The van der Waals surface area contributed by atoms with E-state index in [1.54, 1.807) is 36.9 Å². The van der Waals surface area contributed by atoms with Crippen molar-refractivity contribution in [1.29, 1.82) is 0 Å². The Morgan fingerprint density at radius 2 is 0.671 bits per heavy atom. The maximum absolute atomic E-state index is 15.0. The summed E-state index contributed by atoms with van der Waals surface area (Å²) < 4.78 is 29.4. The van der Waals surface area contributed by atoms with Gasteiger partial charge in [-0.2, -0.15) is 0 Å². The summed E-state index contributed by atoms with van der Waals surface area (Å²) >= 11 is 6.74. The summed E-state index contributed by atoms with van der Waals surface area (Å²) in [6.45, 7) is 18.5. The zero-order valence-corrected chi connectivity index (χ0v) is 52.9. The summed E-state index contributed by atoms with van der Waals surface area (Å²) in [4.78, 5) is 130. The molecular formula is C60H82Br2N8O12. The molecule has 0 bridgehead atoms. The second-order valence-electron chi connectivity index (χ2n) is 23.2. The van der Waals surface area contributed by atoms with E-state index in [1.165, 1.54) is 42.0 Å². The molecule has 3 heterocycles. The van der Waals surface area contributed by atoms with Gasteiger partial charge >= 0.3 is 23.9 Å². The molecule has 82 heavy (non-hydrogen) atoms. The predicted octanol–water partition coefficient (Wildman–Crippen LogP) is 7.68. The highest BCUT2D eigenvalue weighted by Crippen LogP contribution is 2.25. The lowest BCUT2D eigenvalue weighted by atomic mass is 9.99. The van der Waals surface area contributed by atoms with E-state index in [0.29, 0.717) is 33.4 Å². The Morgan fingerprint density at radius 1 is 0.415 bits per heavy atom. The van der Waals surface area contributed by atoms with Crippen molar-refractivity contribution in [2.75, 3.05) is 28.2 Å². The normalized spacial score (nSPS) is 23.0. The molecule has 2 aromatic carbocycles. The first-order valence-corrected chi connectivity index (χ1v) is 29.5. The number of esters is 4. The third-order valence-corrected chi connectivity index (χ3v) is 15.1. The average Bonchev–Trinajstić information content (AvgIpc) is 4.20. The molecule has 4 amide bonds. The first kappa shape index (κ1) is 66.4. The van der Waals surface area contributed by atoms with Crippen molar-refractivity contribution in [2.24, 2.45) is 23.7 Å². The van der Waals surface area contributed by atoms with Crippen LogP contribution in [0.15, 0.2) is 82.8 Å². The second kappa shape index (κ2) is 30.2. The molecule has 0 aliphatic carbocycles. The molecule has 448 valence electrons. The number of aromatic nitrogens is 4. The Hall–Kier alpha value is -6.42. The average molecular weight is 1270 g/mol. The Balaban J connectivity index is 1.59. The number of halogens is 2. The number of cyclic esters (lactones) is 4. The number of amides is 4. The quantitative estimate of drug-likeness (QED) is 0.0776. The maximum Gasteiger partial charge on any atom is 0.329 e. The minimum atomic E-state index is -1.54. The number of hydrogen-bond donors (Lipinski definition) is 0. The van der Waals surface area contributed by atoms with E-state index in [1.807, 2.05) is 101 Å². The van der Waals surface area contributed by atoms with E-state index < -0.39 is 96.1 Å². The number of likely N-dealkylation sites (N-methyl/N-ethyl adjacent to an activating group) is 4. The van der Waals surface area contributed by atoms with Crippen molar-refractivity contribution >= 4 is 79.4 Å². The van der Waals surface area contributed by atoms with Gasteiger partial charge in [-0.05, 0) is 117 Å². The van der Waals surface area contributed by atoms with E-state index in [9.17, 15) is 28.8 Å². The van der Waals surface area contributed by atoms with Crippen LogP contribution in [-0.4, -0.2) is 163 Å². The molecule has 0 saturated carbocycles. The van der Waals surface area contributed by atoms with E-state index in [4.69, 9.17) is 18.9 Å². The molecule has 5 rings (SSSR count). The molecular weight excluding hydrogens is 1180 g/mol. The van der Waals surface area contributed by atoms with Gasteiger partial charge in [0, 0.05) is 66.5 Å². The van der Waals surface area contributed by atoms with Gasteiger partial charge in [-0.1, -0.05) is 104 Å². The molecule has 0 radical (unpaired) electrons. The van der Waals surface area contributed by atoms with E-state index in [2.05, 4.69) is 41.8 Å². The highest BCUT2D eigenvalue weighted by atomic mass is 79.9. The van der Waals surface area contributed by atoms with Gasteiger partial charge in [-0.15, -0.1) is 0 Å². The van der Waals surface area contributed by atoms with Crippen LogP contribution in [0, 0.1) is 23.7 Å². The smallest absolute Gasteiger partial charge is 0.329 e. The summed E-state index contributed by atoms with van der Waals surface area (Å²) in [7, 11) is 5.57. The van der Waals surface area contributed by atoms with Crippen LogP contribution < -0.4 is 0 Å². The third kappa shape index (κ3) is 18.8. The Labute approximate surface area is 499 Å². The largest absolute Gasteiger partial charge is 0.451 e. The molecule has 22 heteroatoms. The lowest BCUT2D eigenvalue weighted by molar-refractivity contribution is -0.176. The van der Waals surface area contributed by atoms with Crippen molar-refractivity contribution in [2.45, 2.75) is 169 Å². The van der Waals surface area contributed by atoms with Crippen molar-refractivity contribution in [1.82, 2.24) is 38.7 Å².